The first-order valence-corrected chi connectivity index (χ1v) is 20.9. The highest BCUT2D eigenvalue weighted by molar-refractivity contribution is 5.85. The van der Waals surface area contributed by atoms with Crippen LogP contribution in [0.2, 0.25) is 0 Å². The highest BCUT2D eigenvalue weighted by atomic mass is 16.7. The van der Waals surface area contributed by atoms with Crippen LogP contribution in [0.4, 0.5) is 0 Å². The van der Waals surface area contributed by atoms with Crippen molar-refractivity contribution in [1.82, 2.24) is 0 Å². The third kappa shape index (κ3) is 6.95. The fraction of sp³-hybridized carbons (Fsp3) is 0.927. The van der Waals surface area contributed by atoms with Crippen LogP contribution in [0, 0.1) is 34.5 Å². The zero-order chi connectivity index (χ0) is 39.2. The summed E-state index contributed by atoms with van der Waals surface area (Å²) in [5, 5.41) is 66.9. The van der Waals surface area contributed by atoms with Gasteiger partial charge in [-0.2, -0.15) is 0 Å². The van der Waals surface area contributed by atoms with Crippen LogP contribution in [0.1, 0.15) is 105 Å². The minimum absolute atomic E-state index is 0.0452. The molecule has 8 aliphatic rings. The van der Waals surface area contributed by atoms with Gasteiger partial charge in [0.25, 0.3) is 0 Å². The van der Waals surface area contributed by atoms with Crippen molar-refractivity contribution in [1.29, 1.82) is 0 Å². The van der Waals surface area contributed by atoms with E-state index in [-0.39, 0.29) is 61.1 Å². The lowest BCUT2D eigenvalue weighted by Crippen LogP contribution is -2.67. The van der Waals surface area contributed by atoms with Gasteiger partial charge in [0.2, 0.25) is 0 Å². The summed E-state index contributed by atoms with van der Waals surface area (Å²) in [5.41, 5.74) is -0.892. The molecule has 14 heteroatoms. The molecule has 6 N–H and O–H groups in total. The molecule has 14 nitrogen and oxygen atoms in total. The summed E-state index contributed by atoms with van der Waals surface area (Å²) in [6, 6.07) is 0. The van der Waals surface area contributed by atoms with E-state index >= 15 is 0 Å². The van der Waals surface area contributed by atoms with Gasteiger partial charge < -0.3 is 63.8 Å². The molecule has 3 unspecified atom stereocenters. The molecular formula is C41H64O14. The van der Waals surface area contributed by atoms with E-state index in [1.807, 2.05) is 13.8 Å². The Morgan fingerprint density at radius 1 is 0.691 bits per heavy atom. The third-order valence-corrected chi connectivity index (χ3v) is 16.0. The van der Waals surface area contributed by atoms with Gasteiger partial charge in [-0.25, -0.2) is 4.79 Å². The van der Waals surface area contributed by atoms with E-state index in [4.69, 9.17) is 33.2 Å². The molecule has 0 aromatic rings. The maximum atomic E-state index is 12.6. The fourth-order valence-corrected chi connectivity index (χ4v) is 12.8. The van der Waals surface area contributed by atoms with Crippen LogP contribution in [-0.2, 0) is 38.0 Å². The first-order valence-electron chi connectivity index (χ1n) is 20.9. The Bertz CT molecular complexity index is 1410. The Morgan fingerprint density at radius 2 is 1.29 bits per heavy atom. The van der Waals surface area contributed by atoms with Crippen LogP contribution in [-0.4, -0.2) is 135 Å². The molecule has 0 amide bonds. The molecule has 8 rings (SSSR count). The molecule has 21 atom stereocenters. The number of ether oxygens (including phenoxy) is 7. The number of rotatable bonds is 7. The topological polar surface area (TPSA) is 203 Å². The number of fused-ring (bicyclic) bond motifs is 5. The lowest BCUT2D eigenvalue weighted by Gasteiger charge is -2.65. The van der Waals surface area contributed by atoms with Gasteiger partial charge in [0.1, 0.15) is 24.9 Å². The van der Waals surface area contributed by atoms with E-state index in [2.05, 4.69) is 6.92 Å². The summed E-state index contributed by atoms with van der Waals surface area (Å²) in [7, 11) is 0. The van der Waals surface area contributed by atoms with Crippen molar-refractivity contribution in [3.05, 3.63) is 11.6 Å². The maximum absolute atomic E-state index is 12.6. The van der Waals surface area contributed by atoms with Crippen LogP contribution in [0.15, 0.2) is 11.6 Å². The summed E-state index contributed by atoms with van der Waals surface area (Å²) in [4.78, 5) is 11.9. The number of esters is 1. The van der Waals surface area contributed by atoms with E-state index in [9.17, 15) is 35.4 Å². The van der Waals surface area contributed by atoms with Gasteiger partial charge in [0, 0.05) is 30.8 Å². The van der Waals surface area contributed by atoms with Crippen LogP contribution >= 0.6 is 0 Å². The van der Waals surface area contributed by atoms with Crippen molar-refractivity contribution in [2.45, 2.75) is 197 Å². The molecule has 55 heavy (non-hydrogen) atoms. The minimum Gasteiger partial charge on any atom is -0.458 e. The Kier molecular flexibility index (Phi) is 11.1. The smallest absolute Gasteiger partial charge is 0.331 e. The molecule has 0 bridgehead atoms. The molecule has 0 aromatic heterocycles. The van der Waals surface area contributed by atoms with E-state index in [1.165, 1.54) is 0 Å². The lowest BCUT2D eigenvalue weighted by atomic mass is 9.42. The van der Waals surface area contributed by atoms with Crippen molar-refractivity contribution < 1.29 is 68.6 Å². The van der Waals surface area contributed by atoms with Crippen molar-refractivity contribution in [2.24, 2.45) is 34.5 Å². The number of aliphatic hydroxyl groups excluding tert-OH is 5. The molecule has 4 aliphatic carbocycles. The number of hydrogen-bond acceptors (Lipinski definition) is 14. The van der Waals surface area contributed by atoms with E-state index in [0.717, 1.165) is 44.1 Å². The van der Waals surface area contributed by atoms with Gasteiger partial charge in [-0.05, 0) is 107 Å². The van der Waals surface area contributed by atoms with Gasteiger partial charge in [-0.15, -0.1) is 0 Å². The Balaban J connectivity index is 0.837. The van der Waals surface area contributed by atoms with Crippen LogP contribution < -0.4 is 0 Å². The molecule has 0 aromatic carbocycles. The molecule has 4 aliphatic heterocycles. The van der Waals surface area contributed by atoms with Crippen molar-refractivity contribution >= 4 is 5.97 Å². The first-order chi connectivity index (χ1) is 26.0. The number of cyclic esters (lactones) is 1. The number of aliphatic hydroxyl groups is 6. The van der Waals surface area contributed by atoms with E-state index in [1.54, 1.807) is 19.9 Å². The zero-order valence-corrected chi connectivity index (χ0v) is 32.9. The quantitative estimate of drug-likeness (QED) is 0.162. The molecule has 0 spiro atoms. The summed E-state index contributed by atoms with van der Waals surface area (Å²) in [5.74, 6) is 0.204. The van der Waals surface area contributed by atoms with Crippen LogP contribution in [0.5, 0.6) is 0 Å². The second-order valence-electron chi connectivity index (χ2n) is 18.8. The lowest BCUT2D eigenvalue weighted by molar-refractivity contribution is -0.336. The molecular weight excluding hydrogens is 716 g/mol. The van der Waals surface area contributed by atoms with E-state index < -0.39 is 90.9 Å². The Hall–Kier alpha value is -1.27. The summed E-state index contributed by atoms with van der Waals surface area (Å²) < 4.78 is 42.1. The minimum atomic E-state index is -1.01. The van der Waals surface area contributed by atoms with E-state index in [0.29, 0.717) is 18.8 Å². The molecule has 312 valence electrons. The highest BCUT2D eigenvalue weighted by Crippen LogP contribution is 2.70. The first kappa shape index (κ1) is 40.5. The number of carbonyl (C=O) groups is 1. The monoisotopic (exact) mass is 780 g/mol. The van der Waals surface area contributed by atoms with Crippen molar-refractivity contribution in [2.75, 3.05) is 6.61 Å². The Morgan fingerprint density at radius 3 is 1.87 bits per heavy atom. The molecule has 4 heterocycles. The normalized spacial score (nSPS) is 55.5. The molecule has 3 saturated heterocycles. The standard InChI is InChI=1S/C41H64O14/c1-19-36(47)28(42)15-34(50-19)54-38-21(3)52-35(17-30(38)44)55-37-20(2)51-33(16-29(37)43)53-24-8-10-39(4)23(13-24)6-7-26-27(39)14-31(45)40(5)25(9-11-41(26,40)48)22-12-32(46)49-18-22/h12,19-21,23-31,33-38,42-45,47-48H,6-11,13-18H2,1-5H3/t19-,20-,21-,23-,24?,25-,26-,27+,28+,29+,30+,31-,33+,34?,35+,36-,37-,38?,39+,40+,41+/m1/s1. The summed E-state index contributed by atoms with van der Waals surface area (Å²) in [6.07, 6.45) is -1.51. The predicted octanol–water partition coefficient (Wildman–Crippen LogP) is 2.22. The van der Waals surface area contributed by atoms with Crippen molar-refractivity contribution in [3.8, 4) is 0 Å². The zero-order valence-electron chi connectivity index (χ0n) is 32.9. The molecule has 0 radical (unpaired) electrons. The van der Waals surface area contributed by atoms with Gasteiger partial charge in [-0.3, -0.25) is 0 Å². The SMILES string of the molecule is C[C@H]1O[C@@H](O[C@H]2[C@@H](O)C[C@H](OC3CC[C@@]4(C)[C@H](CC[C@@H]5[C@@H]4C[C@@H](O)[C@]4(C)[C@@H](C6=CC(=O)OC6)CC[C@]54O)C3)O[C@@H]2C)C[C@H](O)C1OC1C[C@H](O)[C@H](O)[C@@H](C)O1. The average molecular weight is 781 g/mol. The number of carbonyl (C=O) groups excluding carboxylic acids is 1. The van der Waals surface area contributed by atoms with Crippen LogP contribution in [0.3, 0.4) is 0 Å². The highest BCUT2D eigenvalue weighted by Gasteiger charge is 2.71. The van der Waals surface area contributed by atoms with Gasteiger partial charge in [0.05, 0.1) is 54.4 Å². The second-order valence-corrected chi connectivity index (χ2v) is 18.8. The number of hydrogen-bond donors (Lipinski definition) is 6. The summed E-state index contributed by atoms with van der Waals surface area (Å²) >= 11 is 0. The summed E-state index contributed by atoms with van der Waals surface area (Å²) in [6.45, 7) is 9.90. The van der Waals surface area contributed by atoms with Gasteiger partial charge in [-0.1, -0.05) is 13.8 Å². The predicted molar refractivity (Wildman–Crippen MR) is 193 cm³/mol. The maximum Gasteiger partial charge on any atom is 0.331 e. The largest absolute Gasteiger partial charge is 0.458 e. The second kappa shape index (κ2) is 15.1. The average Bonchev–Trinajstić information content (AvgIpc) is 3.67. The molecule has 7 fully saturated rings. The molecule has 4 saturated carbocycles. The van der Waals surface area contributed by atoms with Crippen LogP contribution in [0.25, 0.3) is 0 Å². The fourth-order valence-electron chi connectivity index (χ4n) is 12.8. The van der Waals surface area contributed by atoms with Gasteiger partial charge >= 0.3 is 5.97 Å². The third-order valence-electron chi connectivity index (χ3n) is 16.0. The van der Waals surface area contributed by atoms with Gasteiger partial charge in [0.15, 0.2) is 18.9 Å². The Labute approximate surface area is 323 Å². The van der Waals surface area contributed by atoms with Crippen molar-refractivity contribution in [3.63, 3.8) is 0 Å².